The second kappa shape index (κ2) is 7.48. The molecule has 0 radical (unpaired) electrons. The van der Waals surface area contributed by atoms with Gasteiger partial charge in [0.05, 0.1) is 7.11 Å². The Morgan fingerprint density at radius 3 is 2.29 bits per heavy atom. The van der Waals surface area contributed by atoms with Crippen LogP contribution in [0.1, 0.15) is 43.5 Å². The van der Waals surface area contributed by atoms with Crippen LogP contribution in [-0.4, -0.2) is 7.11 Å². The van der Waals surface area contributed by atoms with Crippen molar-refractivity contribution >= 4 is 11.6 Å². The minimum atomic E-state index is 0.175. The van der Waals surface area contributed by atoms with Crippen LogP contribution in [0, 0.1) is 0 Å². The van der Waals surface area contributed by atoms with Gasteiger partial charge < -0.3 is 10.1 Å². The van der Waals surface area contributed by atoms with Crippen LogP contribution in [-0.2, 0) is 0 Å². The molecule has 0 fully saturated rings. The molecular formula is C18H22ClNO. The van der Waals surface area contributed by atoms with E-state index in [1.54, 1.807) is 7.11 Å². The molecule has 2 aromatic rings. The largest absolute Gasteiger partial charge is 0.496 e. The van der Waals surface area contributed by atoms with E-state index in [1.165, 1.54) is 5.56 Å². The lowest BCUT2D eigenvalue weighted by Gasteiger charge is -2.25. The van der Waals surface area contributed by atoms with Gasteiger partial charge in [-0.25, -0.2) is 0 Å². The first kappa shape index (κ1) is 15.9. The highest BCUT2D eigenvalue weighted by molar-refractivity contribution is 6.31. The fourth-order valence-corrected chi connectivity index (χ4v) is 2.90. The summed E-state index contributed by atoms with van der Waals surface area (Å²) in [4.78, 5) is 0. The molecule has 0 saturated carbocycles. The quantitative estimate of drug-likeness (QED) is 0.796. The summed E-state index contributed by atoms with van der Waals surface area (Å²) in [5.74, 6) is 0.920. The summed E-state index contributed by atoms with van der Waals surface area (Å²) in [5, 5.41) is 4.45. The summed E-state index contributed by atoms with van der Waals surface area (Å²) in [6, 6.07) is 16.5. The van der Waals surface area contributed by atoms with Gasteiger partial charge in [-0.3, -0.25) is 0 Å². The fourth-order valence-electron chi connectivity index (χ4n) is 2.60. The van der Waals surface area contributed by atoms with Gasteiger partial charge in [0, 0.05) is 22.7 Å². The molecule has 0 amide bonds. The third-order valence-corrected chi connectivity index (χ3v) is 4.09. The maximum atomic E-state index is 6.29. The van der Waals surface area contributed by atoms with Crippen molar-refractivity contribution in [3.8, 4) is 5.75 Å². The number of para-hydroxylation sites is 1. The van der Waals surface area contributed by atoms with E-state index in [0.29, 0.717) is 0 Å². The van der Waals surface area contributed by atoms with E-state index in [9.17, 15) is 0 Å². The molecule has 2 aromatic carbocycles. The number of methoxy groups -OCH3 is 1. The van der Waals surface area contributed by atoms with E-state index in [-0.39, 0.29) is 12.1 Å². The second-order valence-corrected chi connectivity index (χ2v) is 5.52. The molecule has 2 rings (SSSR count). The molecule has 2 atom stereocenters. The van der Waals surface area contributed by atoms with Crippen molar-refractivity contribution < 1.29 is 4.74 Å². The maximum Gasteiger partial charge on any atom is 0.123 e. The minimum Gasteiger partial charge on any atom is -0.496 e. The molecule has 0 spiro atoms. The summed E-state index contributed by atoms with van der Waals surface area (Å²) in [7, 11) is 1.71. The molecule has 1 N–H and O–H groups in total. The first-order chi connectivity index (χ1) is 10.2. The Morgan fingerprint density at radius 2 is 1.67 bits per heavy atom. The number of nitrogens with one attached hydrogen (secondary N) is 1. The Morgan fingerprint density at radius 1 is 1.05 bits per heavy atom. The third-order valence-electron chi connectivity index (χ3n) is 3.75. The number of rotatable bonds is 6. The molecule has 21 heavy (non-hydrogen) atoms. The molecule has 1 unspecified atom stereocenters. The van der Waals surface area contributed by atoms with Crippen LogP contribution in [0.5, 0.6) is 5.75 Å². The van der Waals surface area contributed by atoms with Crippen molar-refractivity contribution in [3.05, 3.63) is 64.7 Å². The Balaban J connectivity index is 2.21. The molecular weight excluding hydrogens is 282 g/mol. The zero-order valence-corrected chi connectivity index (χ0v) is 13.5. The van der Waals surface area contributed by atoms with Crippen molar-refractivity contribution in [1.82, 2.24) is 5.32 Å². The minimum absolute atomic E-state index is 0.175. The van der Waals surface area contributed by atoms with E-state index >= 15 is 0 Å². The number of hydrogen-bond donors (Lipinski definition) is 1. The zero-order chi connectivity index (χ0) is 15.2. The molecule has 0 aliphatic rings. The van der Waals surface area contributed by atoms with Gasteiger partial charge in [-0.2, -0.15) is 0 Å². The van der Waals surface area contributed by atoms with Crippen molar-refractivity contribution in [2.45, 2.75) is 32.4 Å². The van der Waals surface area contributed by atoms with Gasteiger partial charge in [-0.15, -0.1) is 0 Å². The van der Waals surface area contributed by atoms with E-state index in [1.807, 2.05) is 36.4 Å². The lowest BCUT2D eigenvalue weighted by Crippen LogP contribution is -2.24. The van der Waals surface area contributed by atoms with Crippen LogP contribution in [0.25, 0.3) is 0 Å². The van der Waals surface area contributed by atoms with Gasteiger partial charge in [0.15, 0.2) is 0 Å². The standard InChI is InChI=1S/C18H22ClNO/c1-4-17(15-10-6-8-12-18(15)21-3)20-13(2)14-9-5-7-11-16(14)19/h5-13,17,20H,4H2,1-3H3/t13-,17?/m1/s1. The predicted molar refractivity (Wildman–Crippen MR) is 89.0 cm³/mol. The van der Waals surface area contributed by atoms with Crippen molar-refractivity contribution in [1.29, 1.82) is 0 Å². The summed E-state index contributed by atoms with van der Waals surface area (Å²) < 4.78 is 5.47. The molecule has 0 saturated heterocycles. The first-order valence-electron chi connectivity index (χ1n) is 7.30. The number of halogens is 1. The summed E-state index contributed by atoms with van der Waals surface area (Å²) in [5.41, 5.74) is 2.30. The monoisotopic (exact) mass is 303 g/mol. The van der Waals surface area contributed by atoms with Crippen LogP contribution in [0.15, 0.2) is 48.5 Å². The molecule has 0 aliphatic carbocycles. The highest BCUT2D eigenvalue weighted by Crippen LogP contribution is 2.30. The summed E-state index contributed by atoms with van der Waals surface area (Å²) in [6.45, 7) is 4.31. The lowest BCUT2D eigenvalue weighted by molar-refractivity contribution is 0.388. The van der Waals surface area contributed by atoms with Crippen LogP contribution in [0.4, 0.5) is 0 Å². The normalized spacial score (nSPS) is 13.7. The van der Waals surface area contributed by atoms with Crippen molar-refractivity contribution in [2.75, 3.05) is 7.11 Å². The predicted octanol–water partition coefficient (Wildman–Crippen LogP) is 5.15. The number of ether oxygens (including phenoxy) is 1. The summed E-state index contributed by atoms with van der Waals surface area (Å²) in [6.07, 6.45) is 0.981. The third kappa shape index (κ3) is 3.78. The highest BCUT2D eigenvalue weighted by Gasteiger charge is 2.18. The van der Waals surface area contributed by atoms with Crippen LogP contribution in [0.2, 0.25) is 5.02 Å². The average molecular weight is 304 g/mol. The Bertz CT molecular complexity index is 585. The highest BCUT2D eigenvalue weighted by atomic mass is 35.5. The van der Waals surface area contributed by atoms with Gasteiger partial charge >= 0.3 is 0 Å². The lowest BCUT2D eigenvalue weighted by atomic mass is 10.0. The van der Waals surface area contributed by atoms with Crippen molar-refractivity contribution in [3.63, 3.8) is 0 Å². The molecule has 0 bridgehead atoms. The number of hydrogen-bond acceptors (Lipinski definition) is 2. The van der Waals surface area contributed by atoms with Gasteiger partial charge in [-0.1, -0.05) is 54.9 Å². The van der Waals surface area contributed by atoms with Gasteiger partial charge in [-0.05, 0) is 31.0 Å². The SMILES string of the molecule is CCC(N[C@H](C)c1ccccc1Cl)c1ccccc1OC. The van der Waals surface area contributed by atoms with Gasteiger partial charge in [0.2, 0.25) is 0 Å². The van der Waals surface area contributed by atoms with Crippen LogP contribution >= 0.6 is 11.6 Å². The molecule has 0 heterocycles. The Labute approximate surface area is 132 Å². The fraction of sp³-hybridized carbons (Fsp3) is 0.333. The average Bonchev–Trinajstić information content (AvgIpc) is 2.52. The van der Waals surface area contributed by atoms with Gasteiger partial charge in [0.25, 0.3) is 0 Å². The molecule has 0 aliphatic heterocycles. The van der Waals surface area contributed by atoms with E-state index in [4.69, 9.17) is 16.3 Å². The molecule has 2 nitrogen and oxygen atoms in total. The molecule has 0 aromatic heterocycles. The van der Waals surface area contributed by atoms with E-state index in [0.717, 1.165) is 22.8 Å². The van der Waals surface area contributed by atoms with E-state index < -0.39 is 0 Å². The molecule has 112 valence electrons. The van der Waals surface area contributed by atoms with Crippen molar-refractivity contribution in [2.24, 2.45) is 0 Å². The second-order valence-electron chi connectivity index (χ2n) is 5.11. The summed E-state index contributed by atoms with van der Waals surface area (Å²) >= 11 is 6.29. The molecule has 3 heteroatoms. The Kier molecular flexibility index (Phi) is 5.66. The Hall–Kier alpha value is -1.51. The number of benzene rings is 2. The van der Waals surface area contributed by atoms with Crippen LogP contribution < -0.4 is 10.1 Å². The van der Waals surface area contributed by atoms with Crippen LogP contribution in [0.3, 0.4) is 0 Å². The smallest absolute Gasteiger partial charge is 0.123 e. The van der Waals surface area contributed by atoms with Gasteiger partial charge in [0.1, 0.15) is 5.75 Å². The van der Waals surface area contributed by atoms with E-state index in [2.05, 4.69) is 31.3 Å². The zero-order valence-electron chi connectivity index (χ0n) is 12.8. The maximum absolute atomic E-state index is 6.29. The topological polar surface area (TPSA) is 21.3 Å². The first-order valence-corrected chi connectivity index (χ1v) is 7.68.